The van der Waals surface area contributed by atoms with Crippen molar-refractivity contribution >= 4 is 5.82 Å². The molecule has 2 N–H and O–H groups in total. The molecule has 0 aliphatic carbocycles. The molecule has 1 saturated heterocycles. The van der Waals surface area contributed by atoms with Gasteiger partial charge in [-0.25, -0.2) is 4.98 Å². The maximum Gasteiger partial charge on any atom is 0.128 e. The predicted molar refractivity (Wildman–Crippen MR) is 57.9 cm³/mol. The number of aromatic nitrogens is 1. The summed E-state index contributed by atoms with van der Waals surface area (Å²) in [5.74, 6) is 0.692. The molecule has 1 atom stereocenters. The number of hydrogen-bond acceptors (Lipinski definition) is 3. The minimum Gasteiger partial charge on any atom is -0.383 e. The highest BCUT2D eigenvalue weighted by molar-refractivity contribution is 5.41. The molecule has 2 heterocycles. The lowest BCUT2D eigenvalue weighted by Crippen LogP contribution is -2.23. The Hall–Kier alpha value is -1.09. The van der Waals surface area contributed by atoms with E-state index in [2.05, 4.69) is 22.9 Å². The molecule has 1 aliphatic rings. The van der Waals surface area contributed by atoms with Gasteiger partial charge in [0.25, 0.3) is 0 Å². The monoisotopic (exact) mass is 191 g/mol. The number of nitrogen functional groups attached to an aromatic ring is 1. The lowest BCUT2D eigenvalue weighted by Gasteiger charge is -2.23. The van der Waals surface area contributed by atoms with Gasteiger partial charge < -0.3 is 5.73 Å². The summed E-state index contributed by atoms with van der Waals surface area (Å²) in [7, 11) is 0. The number of nitrogens with two attached hydrogens (primary N) is 1. The number of hydrogen-bond donors (Lipinski definition) is 1. The number of likely N-dealkylation sites (tertiary alicyclic amines) is 1. The molecule has 2 rings (SSSR count). The molecule has 0 bridgehead atoms. The fourth-order valence-electron chi connectivity index (χ4n) is 2.27. The van der Waals surface area contributed by atoms with Gasteiger partial charge in [-0.15, -0.1) is 0 Å². The van der Waals surface area contributed by atoms with E-state index in [1.165, 1.54) is 24.9 Å². The molecule has 3 heteroatoms. The van der Waals surface area contributed by atoms with Crippen LogP contribution in [0.25, 0.3) is 0 Å². The van der Waals surface area contributed by atoms with Gasteiger partial charge >= 0.3 is 0 Å². The third kappa shape index (κ3) is 1.60. The fourth-order valence-corrected chi connectivity index (χ4v) is 2.27. The first-order chi connectivity index (χ1) is 6.83. The van der Waals surface area contributed by atoms with Crippen molar-refractivity contribution in [3.8, 4) is 0 Å². The average Bonchev–Trinajstić information content (AvgIpc) is 2.66. The molecule has 3 nitrogen and oxygen atoms in total. The summed E-state index contributed by atoms with van der Waals surface area (Å²) < 4.78 is 0. The van der Waals surface area contributed by atoms with Crippen molar-refractivity contribution in [2.75, 3.05) is 18.8 Å². The van der Waals surface area contributed by atoms with Crippen LogP contribution in [0.3, 0.4) is 0 Å². The Kier molecular flexibility index (Phi) is 2.68. The molecule has 1 unspecified atom stereocenters. The van der Waals surface area contributed by atoms with E-state index in [-0.39, 0.29) is 0 Å². The second kappa shape index (κ2) is 3.96. The van der Waals surface area contributed by atoms with Crippen LogP contribution in [0.1, 0.15) is 31.4 Å². The molecule has 1 fully saturated rings. The van der Waals surface area contributed by atoms with Crippen molar-refractivity contribution in [2.24, 2.45) is 0 Å². The van der Waals surface area contributed by atoms with E-state index < -0.39 is 0 Å². The minimum atomic E-state index is 0.494. The van der Waals surface area contributed by atoms with Crippen LogP contribution in [-0.4, -0.2) is 23.0 Å². The van der Waals surface area contributed by atoms with Gasteiger partial charge in [0.1, 0.15) is 5.82 Å². The summed E-state index contributed by atoms with van der Waals surface area (Å²) in [5, 5.41) is 0. The molecule has 0 aromatic carbocycles. The Morgan fingerprint density at radius 2 is 2.50 bits per heavy atom. The summed E-state index contributed by atoms with van der Waals surface area (Å²) >= 11 is 0. The Morgan fingerprint density at radius 1 is 1.64 bits per heavy atom. The fraction of sp³-hybridized carbons (Fsp3) is 0.545. The molecular weight excluding hydrogens is 174 g/mol. The van der Waals surface area contributed by atoms with Crippen molar-refractivity contribution in [2.45, 2.75) is 25.8 Å². The molecule has 0 radical (unpaired) electrons. The molecule has 1 aliphatic heterocycles. The molecule has 0 amide bonds. The average molecular weight is 191 g/mol. The summed E-state index contributed by atoms with van der Waals surface area (Å²) in [6, 6.07) is 4.56. The smallest absolute Gasteiger partial charge is 0.128 e. The Balaban J connectivity index is 2.26. The second-order valence-corrected chi connectivity index (χ2v) is 3.76. The first-order valence-electron chi connectivity index (χ1n) is 5.27. The van der Waals surface area contributed by atoms with Gasteiger partial charge in [-0.05, 0) is 32.0 Å². The number of pyridine rings is 1. The SMILES string of the molecule is CCN1CCCC1c1cccnc1N. The quantitative estimate of drug-likeness (QED) is 0.775. The zero-order valence-electron chi connectivity index (χ0n) is 8.61. The normalized spacial score (nSPS) is 22.8. The van der Waals surface area contributed by atoms with Crippen molar-refractivity contribution in [1.82, 2.24) is 9.88 Å². The highest BCUT2D eigenvalue weighted by atomic mass is 15.2. The molecule has 1 aromatic rings. The van der Waals surface area contributed by atoms with Gasteiger partial charge in [0.15, 0.2) is 0 Å². The third-order valence-corrected chi connectivity index (χ3v) is 3.00. The Bertz CT molecular complexity index is 311. The van der Waals surface area contributed by atoms with E-state index in [1.807, 2.05) is 6.07 Å². The van der Waals surface area contributed by atoms with E-state index in [4.69, 9.17) is 5.73 Å². The van der Waals surface area contributed by atoms with Crippen LogP contribution in [0, 0.1) is 0 Å². The van der Waals surface area contributed by atoms with Gasteiger partial charge in [-0.3, -0.25) is 4.90 Å². The van der Waals surface area contributed by atoms with E-state index in [0.717, 1.165) is 6.54 Å². The van der Waals surface area contributed by atoms with Crippen LogP contribution in [0.2, 0.25) is 0 Å². The lowest BCUT2D eigenvalue weighted by atomic mass is 10.1. The summed E-state index contributed by atoms with van der Waals surface area (Å²) in [5.41, 5.74) is 7.08. The molecule has 0 spiro atoms. The van der Waals surface area contributed by atoms with Gasteiger partial charge in [-0.1, -0.05) is 13.0 Å². The third-order valence-electron chi connectivity index (χ3n) is 3.00. The van der Waals surface area contributed by atoms with E-state index >= 15 is 0 Å². The Morgan fingerprint density at radius 3 is 3.21 bits per heavy atom. The minimum absolute atomic E-state index is 0.494. The number of anilines is 1. The number of nitrogens with zero attached hydrogens (tertiary/aromatic N) is 2. The zero-order chi connectivity index (χ0) is 9.97. The highest BCUT2D eigenvalue weighted by Crippen LogP contribution is 2.33. The molecule has 1 aromatic heterocycles. The van der Waals surface area contributed by atoms with E-state index in [1.54, 1.807) is 6.20 Å². The van der Waals surface area contributed by atoms with Crippen molar-refractivity contribution < 1.29 is 0 Å². The van der Waals surface area contributed by atoms with Crippen LogP contribution in [0.4, 0.5) is 5.82 Å². The summed E-state index contributed by atoms with van der Waals surface area (Å²) in [6.07, 6.45) is 4.24. The summed E-state index contributed by atoms with van der Waals surface area (Å²) in [6.45, 7) is 4.49. The van der Waals surface area contributed by atoms with Gasteiger partial charge in [0.2, 0.25) is 0 Å². The number of rotatable bonds is 2. The zero-order valence-corrected chi connectivity index (χ0v) is 8.61. The highest BCUT2D eigenvalue weighted by Gasteiger charge is 2.25. The standard InChI is InChI=1S/C11H17N3/c1-2-14-8-4-6-10(14)9-5-3-7-13-11(9)12/h3,5,7,10H,2,4,6,8H2,1H3,(H2,12,13). The maximum atomic E-state index is 5.88. The Labute approximate surface area is 84.9 Å². The maximum absolute atomic E-state index is 5.88. The molecular formula is C11H17N3. The molecule has 14 heavy (non-hydrogen) atoms. The largest absolute Gasteiger partial charge is 0.383 e. The van der Waals surface area contributed by atoms with Crippen molar-refractivity contribution in [3.05, 3.63) is 23.9 Å². The second-order valence-electron chi connectivity index (χ2n) is 3.76. The van der Waals surface area contributed by atoms with E-state index in [0.29, 0.717) is 11.9 Å². The van der Waals surface area contributed by atoms with Crippen molar-refractivity contribution in [1.29, 1.82) is 0 Å². The molecule has 76 valence electrons. The van der Waals surface area contributed by atoms with Gasteiger partial charge in [0, 0.05) is 17.8 Å². The predicted octanol–water partition coefficient (Wildman–Crippen LogP) is 1.82. The van der Waals surface area contributed by atoms with E-state index in [9.17, 15) is 0 Å². The van der Waals surface area contributed by atoms with Gasteiger partial charge in [0.05, 0.1) is 0 Å². The van der Waals surface area contributed by atoms with Crippen LogP contribution >= 0.6 is 0 Å². The first-order valence-corrected chi connectivity index (χ1v) is 5.27. The topological polar surface area (TPSA) is 42.2 Å². The van der Waals surface area contributed by atoms with Crippen LogP contribution in [0.15, 0.2) is 18.3 Å². The lowest BCUT2D eigenvalue weighted by molar-refractivity contribution is 0.272. The van der Waals surface area contributed by atoms with Gasteiger partial charge in [-0.2, -0.15) is 0 Å². The van der Waals surface area contributed by atoms with Crippen LogP contribution in [-0.2, 0) is 0 Å². The van der Waals surface area contributed by atoms with Crippen molar-refractivity contribution in [3.63, 3.8) is 0 Å². The summed E-state index contributed by atoms with van der Waals surface area (Å²) in [4.78, 5) is 6.61. The first kappa shape index (κ1) is 9.46. The van der Waals surface area contributed by atoms with Crippen LogP contribution in [0.5, 0.6) is 0 Å². The van der Waals surface area contributed by atoms with Crippen LogP contribution < -0.4 is 5.73 Å². The molecule has 0 saturated carbocycles.